The molecule has 0 unspecified atom stereocenters. The number of nitrogens with one attached hydrogen (secondary N) is 1. The van der Waals surface area contributed by atoms with Crippen LogP contribution in [0.25, 0.3) is 0 Å². The molecule has 0 aliphatic rings. The van der Waals surface area contributed by atoms with Crippen LogP contribution in [0.5, 0.6) is 5.88 Å². The van der Waals surface area contributed by atoms with Gasteiger partial charge in [-0.3, -0.25) is 0 Å². The zero-order chi connectivity index (χ0) is 14.2. The van der Waals surface area contributed by atoms with Gasteiger partial charge in [-0.05, 0) is 23.6 Å². The maximum Gasteiger partial charge on any atom is 0.212 e. The SMILES string of the molecule is COCCc1ccccc1NCc1ccc(OC)nc1. The lowest BCUT2D eigenvalue weighted by atomic mass is 10.1. The predicted octanol–water partition coefficient (Wildman–Crippen LogP) is 2.89. The normalized spacial score (nSPS) is 10.3. The molecule has 2 aromatic rings. The Morgan fingerprint density at radius 2 is 1.95 bits per heavy atom. The Bertz CT molecular complexity index is 526. The molecule has 0 aliphatic heterocycles. The minimum atomic E-state index is 0.634. The summed E-state index contributed by atoms with van der Waals surface area (Å²) in [7, 11) is 3.34. The van der Waals surface area contributed by atoms with Crippen molar-refractivity contribution >= 4 is 5.69 Å². The topological polar surface area (TPSA) is 43.4 Å². The first-order valence-electron chi connectivity index (χ1n) is 6.63. The first-order chi connectivity index (χ1) is 9.83. The van der Waals surface area contributed by atoms with Crippen LogP contribution in [-0.4, -0.2) is 25.8 Å². The van der Waals surface area contributed by atoms with Crippen molar-refractivity contribution in [1.82, 2.24) is 4.98 Å². The largest absolute Gasteiger partial charge is 0.481 e. The van der Waals surface area contributed by atoms with Crippen molar-refractivity contribution in [2.24, 2.45) is 0 Å². The monoisotopic (exact) mass is 272 g/mol. The van der Waals surface area contributed by atoms with E-state index in [1.165, 1.54) is 5.56 Å². The molecule has 4 heteroatoms. The van der Waals surface area contributed by atoms with E-state index in [0.717, 1.165) is 30.8 Å². The Morgan fingerprint density at radius 1 is 1.10 bits per heavy atom. The van der Waals surface area contributed by atoms with Crippen LogP contribution in [0.1, 0.15) is 11.1 Å². The molecule has 0 radical (unpaired) electrons. The van der Waals surface area contributed by atoms with E-state index in [2.05, 4.69) is 22.4 Å². The molecule has 0 aliphatic carbocycles. The van der Waals surface area contributed by atoms with E-state index in [9.17, 15) is 0 Å². The third-order valence-electron chi connectivity index (χ3n) is 3.08. The molecule has 2 rings (SSSR count). The molecule has 0 fully saturated rings. The van der Waals surface area contributed by atoms with E-state index >= 15 is 0 Å². The molecule has 0 spiro atoms. The van der Waals surface area contributed by atoms with Crippen LogP contribution in [-0.2, 0) is 17.7 Å². The second-order valence-corrected chi connectivity index (χ2v) is 4.46. The van der Waals surface area contributed by atoms with Crippen LogP contribution in [0.4, 0.5) is 5.69 Å². The summed E-state index contributed by atoms with van der Waals surface area (Å²) in [6, 6.07) is 12.2. The molecule has 0 amide bonds. The lowest BCUT2D eigenvalue weighted by Gasteiger charge is -2.12. The zero-order valence-corrected chi connectivity index (χ0v) is 11.9. The zero-order valence-electron chi connectivity index (χ0n) is 11.9. The van der Waals surface area contributed by atoms with Crippen LogP contribution in [0.2, 0.25) is 0 Å². The van der Waals surface area contributed by atoms with Gasteiger partial charge in [0, 0.05) is 31.6 Å². The Labute approximate surface area is 119 Å². The predicted molar refractivity (Wildman–Crippen MR) is 80.1 cm³/mol. The number of rotatable bonds is 7. The lowest BCUT2D eigenvalue weighted by Crippen LogP contribution is -2.04. The summed E-state index contributed by atoms with van der Waals surface area (Å²) in [4.78, 5) is 4.20. The number of aromatic nitrogens is 1. The van der Waals surface area contributed by atoms with Gasteiger partial charge in [-0.25, -0.2) is 4.98 Å². The number of anilines is 1. The summed E-state index contributed by atoms with van der Waals surface area (Å²) >= 11 is 0. The molecule has 1 heterocycles. The number of para-hydroxylation sites is 1. The molecule has 1 aromatic heterocycles. The highest BCUT2D eigenvalue weighted by atomic mass is 16.5. The Hall–Kier alpha value is -2.07. The smallest absolute Gasteiger partial charge is 0.212 e. The van der Waals surface area contributed by atoms with E-state index in [0.29, 0.717) is 5.88 Å². The van der Waals surface area contributed by atoms with Gasteiger partial charge in [-0.15, -0.1) is 0 Å². The van der Waals surface area contributed by atoms with Gasteiger partial charge in [-0.2, -0.15) is 0 Å². The van der Waals surface area contributed by atoms with Crippen LogP contribution in [0, 0.1) is 0 Å². The molecular formula is C16H20N2O2. The van der Waals surface area contributed by atoms with Crippen molar-refractivity contribution in [3.05, 3.63) is 53.7 Å². The van der Waals surface area contributed by atoms with Crippen molar-refractivity contribution in [3.8, 4) is 5.88 Å². The molecule has 20 heavy (non-hydrogen) atoms. The van der Waals surface area contributed by atoms with Crippen LogP contribution < -0.4 is 10.1 Å². The molecule has 106 valence electrons. The second kappa shape index (κ2) is 7.50. The fourth-order valence-corrected chi connectivity index (χ4v) is 1.96. The highest BCUT2D eigenvalue weighted by molar-refractivity contribution is 5.51. The van der Waals surface area contributed by atoms with Gasteiger partial charge < -0.3 is 14.8 Å². The highest BCUT2D eigenvalue weighted by Crippen LogP contribution is 2.17. The Morgan fingerprint density at radius 3 is 2.65 bits per heavy atom. The van der Waals surface area contributed by atoms with Crippen molar-refractivity contribution in [1.29, 1.82) is 0 Å². The maximum absolute atomic E-state index is 5.14. The molecular weight excluding hydrogens is 252 g/mol. The first kappa shape index (κ1) is 14.3. The molecule has 0 atom stereocenters. The minimum absolute atomic E-state index is 0.634. The molecule has 4 nitrogen and oxygen atoms in total. The van der Waals surface area contributed by atoms with Crippen molar-refractivity contribution in [3.63, 3.8) is 0 Å². The van der Waals surface area contributed by atoms with Crippen molar-refractivity contribution in [2.75, 3.05) is 26.1 Å². The number of methoxy groups -OCH3 is 2. The van der Waals surface area contributed by atoms with Gasteiger partial charge in [-0.1, -0.05) is 24.3 Å². The van der Waals surface area contributed by atoms with Gasteiger partial charge in [0.2, 0.25) is 5.88 Å². The summed E-state index contributed by atoms with van der Waals surface area (Å²) in [6.45, 7) is 1.46. The van der Waals surface area contributed by atoms with E-state index in [1.807, 2.05) is 30.5 Å². The summed E-state index contributed by atoms with van der Waals surface area (Å²) in [5.41, 5.74) is 3.52. The van der Waals surface area contributed by atoms with Crippen LogP contribution >= 0.6 is 0 Å². The number of hydrogen-bond donors (Lipinski definition) is 1. The summed E-state index contributed by atoms with van der Waals surface area (Å²) < 4.78 is 10.2. The molecule has 1 N–H and O–H groups in total. The first-order valence-corrected chi connectivity index (χ1v) is 6.63. The number of ether oxygens (including phenoxy) is 2. The Kier molecular flexibility index (Phi) is 5.38. The van der Waals surface area contributed by atoms with Gasteiger partial charge in [0.05, 0.1) is 13.7 Å². The van der Waals surface area contributed by atoms with E-state index < -0.39 is 0 Å². The average molecular weight is 272 g/mol. The van der Waals surface area contributed by atoms with Gasteiger partial charge in [0.25, 0.3) is 0 Å². The fraction of sp³-hybridized carbons (Fsp3) is 0.312. The summed E-state index contributed by atoms with van der Waals surface area (Å²) in [6.07, 6.45) is 2.73. The van der Waals surface area contributed by atoms with Crippen LogP contribution in [0.15, 0.2) is 42.6 Å². The standard InChI is InChI=1S/C16H20N2O2/c1-19-10-9-14-5-3-4-6-15(14)17-11-13-7-8-16(20-2)18-12-13/h3-8,12,17H,9-11H2,1-2H3. The molecule has 1 aromatic carbocycles. The van der Waals surface area contributed by atoms with Gasteiger partial charge >= 0.3 is 0 Å². The molecule has 0 bridgehead atoms. The van der Waals surface area contributed by atoms with Gasteiger partial charge in [0.1, 0.15) is 0 Å². The maximum atomic E-state index is 5.14. The van der Waals surface area contributed by atoms with E-state index in [-0.39, 0.29) is 0 Å². The summed E-state index contributed by atoms with van der Waals surface area (Å²) in [5, 5.41) is 3.44. The Balaban J connectivity index is 1.98. The second-order valence-electron chi connectivity index (χ2n) is 4.46. The number of hydrogen-bond acceptors (Lipinski definition) is 4. The van der Waals surface area contributed by atoms with Crippen LogP contribution in [0.3, 0.4) is 0 Å². The van der Waals surface area contributed by atoms with E-state index in [1.54, 1.807) is 14.2 Å². The summed E-state index contributed by atoms with van der Waals surface area (Å²) in [5.74, 6) is 0.634. The number of pyridine rings is 1. The number of nitrogens with zero attached hydrogens (tertiary/aromatic N) is 1. The molecule has 0 saturated heterocycles. The van der Waals surface area contributed by atoms with E-state index in [4.69, 9.17) is 9.47 Å². The third-order valence-corrected chi connectivity index (χ3v) is 3.08. The fourth-order valence-electron chi connectivity index (χ4n) is 1.96. The van der Waals surface area contributed by atoms with Crippen molar-refractivity contribution < 1.29 is 9.47 Å². The minimum Gasteiger partial charge on any atom is -0.481 e. The quantitative estimate of drug-likeness (QED) is 0.841. The highest BCUT2D eigenvalue weighted by Gasteiger charge is 2.02. The van der Waals surface area contributed by atoms with Gasteiger partial charge in [0.15, 0.2) is 0 Å². The number of benzene rings is 1. The van der Waals surface area contributed by atoms with Crippen molar-refractivity contribution in [2.45, 2.75) is 13.0 Å². The average Bonchev–Trinajstić information content (AvgIpc) is 2.52. The molecule has 0 saturated carbocycles. The lowest BCUT2D eigenvalue weighted by molar-refractivity contribution is 0.202. The third kappa shape index (κ3) is 3.96.